The highest BCUT2D eigenvalue weighted by Crippen LogP contribution is 2.15. The Kier molecular flexibility index (Phi) is 5.95. The lowest BCUT2D eigenvalue weighted by Gasteiger charge is -2.12. The fourth-order valence-corrected chi connectivity index (χ4v) is 1.67. The van der Waals surface area contributed by atoms with Gasteiger partial charge in [0.05, 0.1) is 18.3 Å². The minimum Gasteiger partial charge on any atom is -0.461 e. The third kappa shape index (κ3) is 4.31. The fourth-order valence-electron chi connectivity index (χ4n) is 1.67. The summed E-state index contributed by atoms with van der Waals surface area (Å²) in [7, 11) is 1.66. The molecule has 0 spiro atoms. The number of ether oxygens (including phenoxy) is 2. The molecule has 0 N–H and O–H groups in total. The summed E-state index contributed by atoms with van der Waals surface area (Å²) < 4.78 is 11.9. The van der Waals surface area contributed by atoms with Gasteiger partial charge in [0.15, 0.2) is 5.69 Å². The summed E-state index contributed by atoms with van der Waals surface area (Å²) in [5.74, 6) is -0.101. The van der Waals surface area contributed by atoms with Gasteiger partial charge in [-0.25, -0.2) is 9.48 Å². The summed E-state index contributed by atoms with van der Waals surface area (Å²) in [6, 6.07) is 0.138. The van der Waals surface area contributed by atoms with Crippen LogP contribution < -0.4 is 0 Å². The average molecular weight is 269 g/mol. The number of methoxy groups -OCH3 is 1. The molecule has 1 heterocycles. The molecule has 0 saturated heterocycles. The van der Waals surface area contributed by atoms with Crippen LogP contribution in [0.1, 0.15) is 49.4 Å². The summed E-state index contributed by atoms with van der Waals surface area (Å²) in [6.07, 6.45) is 0.821. The molecule has 1 aromatic rings. The summed E-state index contributed by atoms with van der Waals surface area (Å²) >= 11 is 0. The van der Waals surface area contributed by atoms with Gasteiger partial charge in [0, 0.05) is 13.7 Å². The molecule has 19 heavy (non-hydrogen) atoms. The van der Waals surface area contributed by atoms with Crippen molar-refractivity contribution in [3.63, 3.8) is 0 Å². The molecule has 0 aliphatic rings. The molecule has 1 aromatic heterocycles. The van der Waals surface area contributed by atoms with Crippen LogP contribution in [-0.2, 0) is 9.47 Å². The first kappa shape index (κ1) is 15.6. The first-order chi connectivity index (χ1) is 8.97. The van der Waals surface area contributed by atoms with Crippen LogP contribution in [-0.4, -0.2) is 41.3 Å². The molecule has 0 aromatic carbocycles. The van der Waals surface area contributed by atoms with Crippen molar-refractivity contribution in [1.82, 2.24) is 15.0 Å². The Balaban J connectivity index is 2.72. The van der Waals surface area contributed by atoms with Gasteiger partial charge in [-0.2, -0.15) is 0 Å². The second-order valence-corrected chi connectivity index (χ2v) is 5.09. The number of carbonyl (C=O) groups is 1. The molecular weight excluding hydrogens is 246 g/mol. The molecule has 1 atom stereocenters. The number of hydrogen-bond acceptors (Lipinski definition) is 5. The van der Waals surface area contributed by atoms with E-state index in [0.717, 1.165) is 12.1 Å². The summed E-state index contributed by atoms with van der Waals surface area (Å²) in [5, 5.41) is 7.95. The van der Waals surface area contributed by atoms with Gasteiger partial charge in [-0.05, 0) is 26.2 Å². The molecule has 0 amide bonds. The lowest BCUT2D eigenvalue weighted by Crippen LogP contribution is -2.14. The van der Waals surface area contributed by atoms with Gasteiger partial charge >= 0.3 is 5.97 Å². The third-order valence-corrected chi connectivity index (χ3v) is 2.83. The van der Waals surface area contributed by atoms with Gasteiger partial charge in [-0.1, -0.05) is 19.1 Å². The van der Waals surface area contributed by atoms with Crippen LogP contribution in [0.25, 0.3) is 0 Å². The molecular formula is C13H23N3O3. The molecule has 0 fully saturated rings. The Bertz CT molecular complexity index is 415. The first-order valence-corrected chi connectivity index (χ1v) is 6.55. The second kappa shape index (κ2) is 7.23. The minimum atomic E-state index is -0.406. The SMILES string of the molecule is COCCC(C)n1nnc(C(=O)OCC(C)C)c1C. The van der Waals surface area contributed by atoms with Gasteiger partial charge in [0.2, 0.25) is 0 Å². The van der Waals surface area contributed by atoms with Crippen molar-refractivity contribution >= 4 is 5.97 Å². The Morgan fingerprint density at radius 1 is 1.37 bits per heavy atom. The number of carbonyl (C=O) groups excluding carboxylic acids is 1. The summed E-state index contributed by atoms with van der Waals surface area (Å²) in [5.41, 5.74) is 1.03. The zero-order valence-electron chi connectivity index (χ0n) is 12.3. The smallest absolute Gasteiger partial charge is 0.360 e. The van der Waals surface area contributed by atoms with E-state index in [9.17, 15) is 4.79 Å². The number of nitrogens with zero attached hydrogens (tertiary/aromatic N) is 3. The molecule has 6 heteroatoms. The Hall–Kier alpha value is -1.43. The maximum absolute atomic E-state index is 11.9. The third-order valence-electron chi connectivity index (χ3n) is 2.83. The highest BCUT2D eigenvalue weighted by molar-refractivity contribution is 5.88. The van der Waals surface area contributed by atoms with E-state index in [1.165, 1.54) is 0 Å². The van der Waals surface area contributed by atoms with Gasteiger partial charge in [0.1, 0.15) is 0 Å². The fraction of sp³-hybridized carbons (Fsp3) is 0.769. The maximum atomic E-state index is 11.9. The van der Waals surface area contributed by atoms with Crippen molar-refractivity contribution in [2.45, 2.75) is 40.2 Å². The van der Waals surface area contributed by atoms with Crippen LogP contribution in [0.2, 0.25) is 0 Å². The number of hydrogen-bond donors (Lipinski definition) is 0. The standard InChI is InChI=1S/C13H23N3O3/c1-9(2)8-19-13(17)12-11(4)16(15-14-12)10(3)6-7-18-5/h9-10H,6-8H2,1-5H3. The second-order valence-electron chi connectivity index (χ2n) is 5.09. The van der Waals surface area contributed by atoms with Crippen molar-refractivity contribution in [3.8, 4) is 0 Å². The van der Waals surface area contributed by atoms with E-state index in [1.807, 2.05) is 27.7 Å². The van der Waals surface area contributed by atoms with E-state index in [-0.39, 0.29) is 6.04 Å². The Morgan fingerprint density at radius 2 is 2.05 bits per heavy atom. The Morgan fingerprint density at radius 3 is 2.63 bits per heavy atom. The van der Waals surface area contributed by atoms with Crippen LogP contribution in [0, 0.1) is 12.8 Å². The van der Waals surface area contributed by atoms with Gasteiger partial charge in [-0.15, -0.1) is 5.10 Å². The van der Waals surface area contributed by atoms with E-state index in [2.05, 4.69) is 10.3 Å². The molecule has 0 radical (unpaired) electrons. The Labute approximate surface area is 114 Å². The van der Waals surface area contributed by atoms with Crippen molar-refractivity contribution in [2.24, 2.45) is 5.92 Å². The number of aromatic nitrogens is 3. The van der Waals surface area contributed by atoms with Crippen molar-refractivity contribution in [2.75, 3.05) is 20.3 Å². The predicted molar refractivity (Wildman–Crippen MR) is 71.1 cm³/mol. The lowest BCUT2D eigenvalue weighted by atomic mass is 10.2. The average Bonchev–Trinajstić information content (AvgIpc) is 2.75. The largest absolute Gasteiger partial charge is 0.461 e. The highest BCUT2D eigenvalue weighted by Gasteiger charge is 2.20. The number of rotatable bonds is 7. The van der Waals surface area contributed by atoms with Gasteiger partial charge < -0.3 is 9.47 Å². The predicted octanol–water partition coefficient (Wildman–Crippen LogP) is 2.00. The molecule has 1 rings (SSSR count). The van der Waals surface area contributed by atoms with Crippen molar-refractivity contribution in [1.29, 1.82) is 0 Å². The molecule has 0 aliphatic carbocycles. The monoisotopic (exact) mass is 269 g/mol. The van der Waals surface area contributed by atoms with E-state index < -0.39 is 5.97 Å². The zero-order valence-corrected chi connectivity index (χ0v) is 12.3. The molecule has 1 unspecified atom stereocenters. The lowest BCUT2D eigenvalue weighted by molar-refractivity contribution is 0.0451. The van der Waals surface area contributed by atoms with E-state index in [4.69, 9.17) is 9.47 Å². The normalized spacial score (nSPS) is 12.7. The highest BCUT2D eigenvalue weighted by atomic mass is 16.5. The molecule has 0 bridgehead atoms. The van der Waals surface area contributed by atoms with Crippen LogP contribution in [0.5, 0.6) is 0 Å². The first-order valence-electron chi connectivity index (χ1n) is 6.55. The minimum absolute atomic E-state index is 0.138. The van der Waals surface area contributed by atoms with Crippen LogP contribution >= 0.6 is 0 Å². The quantitative estimate of drug-likeness (QED) is 0.708. The molecule has 6 nitrogen and oxygen atoms in total. The zero-order chi connectivity index (χ0) is 14.4. The van der Waals surface area contributed by atoms with Crippen molar-refractivity contribution in [3.05, 3.63) is 11.4 Å². The number of esters is 1. The van der Waals surface area contributed by atoms with Crippen LogP contribution in [0.15, 0.2) is 0 Å². The summed E-state index contributed by atoms with van der Waals surface area (Å²) in [6.45, 7) is 8.87. The van der Waals surface area contributed by atoms with Crippen molar-refractivity contribution < 1.29 is 14.3 Å². The summed E-state index contributed by atoms with van der Waals surface area (Å²) in [4.78, 5) is 11.9. The van der Waals surface area contributed by atoms with E-state index in [1.54, 1.807) is 11.8 Å². The molecule has 0 aliphatic heterocycles. The van der Waals surface area contributed by atoms with Gasteiger partial charge in [0.25, 0.3) is 0 Å². The molecule has 0 saturated carbocycles. The molecule has 108 valence electrons. The van der Waals surface area contributed by atoms with E-state index >= 15 is 0 Å². The van der Waals surface area contributed by atoms with Gasteiger partial charge in [-0.3, -0.25) is 0 Å². The maximum Gasteiger partial charge on any atom is 0.360 e. The van der Waals surface area contributed by atoms with E-state index in [0.29, 0.717) is 24.8 Å². The van der Waals surface area contributed by atoms with Crippen LogP contribution in [0.4, 0.5) is 0 Å². The topological polar surface area (TPSA) is 66.2 Å². The van der Waals surface area contributed by atoms with Crippen LogP contribution in [0.3, 0.4) is 0 Å².